The Morgan fingerprint density at radius 3 is 1.88 bits per heavy atom. The minimum atomic E-state index is 0.874. The van der Waals surface area contributed by atoms with Gasteiger partial charge in [-0.3, -0.25) is 0 Å². The molecule has 16 heavy (non-hydrogen) atoms. The van der Waals surface area contributed by atoms with Gasteiger partial charge in [-0.2, -0.15) is 0 Å². The van der Waals surface area contributed by atoms with Crippen LogP contribution in [-0.2, 0) is 4.84 Å². The van der Waals surface area contributed by atoms with Crippen molar-refractivity contribution in [3.8, 4) is 0 Å². The zero-order valence-electron chi connectivity index (χ0n) is 11.4. The molecule has 0 bridgehead atoms. The van der Waals surface area contributed by atoms with Crippen LogP contribution < -0.4 is 5.48 Å². The molecule has 2 heteroatoms. The number of hydrogen-bond donors (Lipinski definition) is 1. The van der Waals surface area contributed by atoms with Crippen molar-refractivity contribution in [1.29, 1.82) is 0 Å². The second-order valence-corrected chi connectivity index (χ2v) is 4.57. The zero-order valence-corrected chi connectivity index (χ0v) is 11.4. The van der Waals surface area contributed by atoms with E-state index in [1.165, 1.54) is 64.2 Å². The molecule has 0 aliphatic carbocycles. The Morgan fingerprint density at radius 2 is 1.25 bits per heavy atom. The van der Waals surface area contributed by atoms with Crippen LogP contribution in [0.15, 0.2) is 0 Å². The Hall–Kier alpha value is -0.0800. The van der Waals surface area contributed by atoms with Crippen LogP contribution in [0.2, 0.25) is 0 Å². The highest BCUT2D eigenvalue weighted by molar-refractivity contribution is 4.45. The van der Waals surface area contributed by atoms with E-state index in [0.717, 1.165) is 13.2 Å². The van der Waals surface area contributed by atoms with E-state index in [2.05, 4.69) is 19.3 Å². The second kappa shape index (κ2) is 14.9. The number of hydroxylamine groups is 1. The molecule has 0 aliphatic heterocycles. The summed E-state index contributed by atoms with van der Waals surface area (Å²) >= 11 is 0. The predicted octanol–water partition coefficient (Wildman–Crippen LogP) is 4.45. The average molecular weight is 229 g/mol. The summed E-state index contributed by atoms with van der Waals surface area (Å²) in [5.41, 5.74) is 3.01. The lowest BCUT2D eigenvalue weighted by atomic mass is 10.1. The summed E-state index contributed by atoms with van der Waals surface area (Å²) in [6.45, 7) is 6.33. The smallest absolute Gasteiger partial charge is 0.0682 e. The molecule has 98 valence electrons. The number of nitrogens with one attached hydrogen (secondary N) is 1. The Kier molecular flexibility index (Phi) is 14.8. The molecule has 0 atom stereocenters. The molecule has 0 unspecified atom stereocenters. The molecule has 0 saturated carbocycles. The van der Waals surface area contributed by atoms with E-state index in [9.17, 15) is 0 Å². The van der Waals surface area contributed by atoms with Crippen LogP contribution in [0.3, 0.4) is 0 Å². The van der Waals surface area contributed by atoms with Gasteiger partial charge in [0.25, 0.3) is 0 Å². The van der Waals surface area contributed by atoms with Crippen molar-refractivity contribution in [1.82, 2.24) is 5.48 Å². The van der Waals surface area contributed by atoms with E-state index in [0.29, 0.717) is 0 Å². The highest BCUT2D eigenvalue weighted by atomic mass is 16.6. The summed E-state index contributed by atoms with van der Waals surface area (Å²) in [5.74, 6) is 0. The molecule has 0 aromatic carbocycles. The van der Waals surface area contributed by atoms with E-state index in [1.54, 1.807) is 0 Å². The van der Waals surface area contributed by atoms with Crippen LogP contribution in [0.1, 0.15) is 78.1 Å². The van der Waals surface area contributed by atoms with Crippen molar-refractivity contribution in [2.45, 2.75) is 78.1 Å². The van der Waals surface area contributed by atoms with Crippen molar-refractivity contribution in [2.75, 3.05) is 13.2 Å². The molecule has 0 radical (unpaired) electrons. The fourth-order valence-electron chi connectivity index (χ4n) is 1.70. The topological polar surface area (TPSA) is 21.3 Å². The molecule has 0 spiro atoms. The average Bonchev–Trinajstić information content (AvgIpc) is 2.31. The van der Waals surface area contributed by atoms with Gasteiger partial charge >= 0.3 is 0 Å². The number of hydrogen-bond acceptors (Lipinski definition) is 2. The van der Waals surface area contributed by atoms with Gasteiger partial charge in [0.15, 0.2) is 0 Å². The Bertz CT molecular complexity index is 103. The number of rotatable bonds is 13. The first kappa shape index (κ1) is 15.9. The lowest BCUT2D eigenvalue weighted by Gasteiger charge is -2.05. The third-order valence-corrected chi connectivity index (χ3v) is 2.83. The lowest BCUT2D eigenvalue weighted by molar-refractivity contribution is 0.0379. The number of unbranched alkanes of at least 4 members (excludes halogenated alkanes) is 8. The highest BCUT2D eigenvalue weighted by Crippen LogP contribution is 2.08. The van der Waals surface area contributed by atoms with Crippen LogP contribution in [0.25, 0.3) is 0 Å². The Balaban J connectivity index is 2.83. The third kappa shape index (κ3) is 13.9. The standard InChI is InChI=1S/C14H31NO/c1-3-5-7-8-9-10-11-12-14-16-15-13-6-4-2/h15H,3-14H2,1-2H3. The molecule has 0 heterocycles. The molecule has 2 nitrogen and oxygen atoms in total. The first-order valence-electron chi connectivity index (χ1n) is 7.26. The van der Waals surface area contributed by atoms with Gasteiger partial charge in [-0.15, -0.1) is 0 Å². The van der Waals surface area contributed by atoms with E-state index >= 15 is 0 Å². The quantitative estimate of drug-likeness (QED) is 0.372. The molecular weight excluding hydrogens is 198 g/mol. The maximum atomic E-state index is 5.33. The molecule has 0 amide bonds. The maximum Gasteiger partial charge on any atom is 0.0682 e. The fraction of sp³-hybridized carbons (Fsp3) is 1.00. The SMILES string of the molecule is CCCCCCCCCCONCCCC. The van der Waals surface area contributed by atoms with Crippen LogP contribution in [-0.4, -0.2) is 13.2 Å². The second-order valence-electron chi connectivity index (χ2n) is 4.57. The molecule has 0 saturated heterocycles. The van der Waals surface area contributed by atoms with E-state index in [1.807, 2.05) is 0 Å². The van der Waals surface area contributed by atoms with Crippen LogP contribution in [0.5, 0.6) is 0 Å². The van der Waals surface area contributed by atoms with E-state index < -0.39 is 0 Å². The van der Waals surface area contributed by atoms with Crippen molar-refractivity contribution in [2.24, 2.45) is 0 Å². The first-order valence-corrected chi connectivity index (χ1v) is 7.26. The van der Waals surface area contributed by atoms with Gasteiger partial charge in [0, 0.05) is 6.54 Å². The van der Waals surface area contributed by atoms with Crippen molar-refractivity contribution >= 4 is 0 Å². The minimum absolute atomic E-state index is 0.874. The zero-order chi connectivity index (χ0) is 11.9. The van der Waals surface area contributed by atoms with Gasteiger partial charge < -0.3 is 4.84 Å². The summed E-state index contributed by atoms with van der Waals surface area (Å²) < 4.78 is 0. The summed E-state index contributed by atoms with van der Waals surface area (Å²) in [4.78, 5) is 5.33. The molecule has 0 rings (SSSR count). The van der Waals surface area contributed by atoms with Crippen LogP contribution in [0, 0.1) is 0 Å². The van der Waals surface area contributed by atoms with Crippen LogP contribution in [0.4, 0.5) is 0 Å². The monoisotopic (exact) mass is 229 g/mol. The minimum Gasteiger partial charge on any atom is -0.302 e. The van der Waals surface area contributed by atoms with Gasteiger partial charge in [-0.05, 0) is 12.8 Å². The van der Waals surface area contributed by atoms with E-state index in [4.69, 9.17) is 4.84 Å². The van der Waals surface area contributed by atoms with E-state index in [-0.39, 0.29) is 0 Å². The van der Waals surface area contributed by atoms with Gasteiger partial charge in [0.05, 0.1) is 6.61 Å². The van der Waals surface area contributed by atoms with Gasteiger partial charge in [-0.1, -0.05) is 65.2 Å². The molecule has 0 fully saturated rings. The fourth-order valence-corrected chi connectivity index (χ4v) is 1.70. The summed E-state index contributed by atoms with van der Waals surface area (Å²) in [6.07, 6.45) is 13.3. The molecular formula is C14H31NO. The van der Waals surface area contributed by atoms with Crippen molar-refractivity contribution < 1.29 is 4.84 Å². The van der Waals surface area contributed by atoms with Gasteiger partial charge in [-0.25, -0.2) is 5.48 Å². The molecule has 0 aromatic rings. The van der Waals surface area contributed by atoms with Gasteiger partial charge in [0.1, 0.15) is 0 Å². The van der Waals surface area contributed by atoms with Crippen molar-refractivity contribution in [3.05, 3.63) is 0 Å². The Labute approximate surface area is 102 Å². The van der Waals surface area contributed by atoms with Crippen molar-refractivity contribution in [3.63, 3.8) is 0 Å². The first-order chi connectivity index (χ1) is 7.91. The maximum absolute atomic E-state index is 5.33. The lowest BCUT2D eigenvalue weighted by Crippen LogP contribution is -2.16. The molecule has 1 N–H and O–H groups in total. The molecule has 0 aliphatic rings. The molecule has 0 aromatic heterocycles. The largest absolute Gasteiger partial charge is 0.302 e. The third-order valence-electron chi connectivity index (χ3n) is 2.83. The summed E-state index contributed by atoms with van der Waals surface area (Å²) in [5, 5.41) is 0. The van der Waals surface area contributed by atoms with Gasteiger partial charge in [0.2, 0.25) is 0 Å². The summed E-state index contributed by atoms with van der Waals surface area (Å²) in [7, 11) is 0. The normalized spacial score (nSPS) is 10.9. The Morgan fingerprint density at radius 1 is 0.688 bits per heavy atom. The van der Waals surface area contributed by atoms with Crippen LogP contribution >= 0.6 is 0 Å². The predicted molar refractivity (Wildman–Crippen MR) is 71.5 cm³/mol. The summed E-state index contributed by atoms with van der Waals surface area (Å²) in [6, 6.07) is 0. The highest BCUT2D eigenvalue weighted by Gasteiger charge is 1.92.